The van der Waals surface area contributed by atoms with Gasteiger partial charge in [-0.05, 0) is 23.8 Å². The number of pyridine rings is 2. The molecule has 1 aliphatic rings. The van der Waals surface area contributed by atoms with Gasteiger partial charge in [0.2, 0.25) is 0 Å². The van der Waals surface area contributed by atoms with Crippen molar-refractivity contribution in [1.29, 1.82) is 0 Å². The second kappa shape index (κ2) is 8.50. The molecule has 0 saturated carbocycles. The van der Waals surface area contributed by atoms with Gasteiger partial charge in [-0.1, -0.05) is 0 Å². The monoisotopic (exact) mass is 417 g/mol. The standard InChI is InChI=1S/C20H19N3O5.ClH/c1-26-12-4-3-11(18(5-12)27-2)7-22-19-15-10-28-9-14(15)13-6-16(20(24)25)21-8-17(13)23-19;/h3-6,8H,7,9-10H2,1-2H3,(H,22,23)(H,24,25);1H. The molecule has 2 N–H and O–H groups in total. The fourth-order valence-corrected chi connectivity index (χ4v) is 3.29. The van der Waals surface area contributed by atoms with Crippen LogP contribution in [0.5, 0.6) is 11.5 Å². The van der Waals surface area contributed by atoms with Crippen LogP contribution in [-0.2, 0) is 24.5 Å². The van der Waals surface area contributed by atoms with E-state index >= 15 is 0 Å². The third kappa shape index (κ3) is 3.90. The van der Waals surface area contributed by atoms with Crippen LogP contribution >= 0.6 is 12.4 Å². The Balaban J connectivity index is 0.00000240. The number of rotatable bonds is 6. The first-order valence-electron chi connectivity index (χ1n) is 8.68. The van der Waals surface area contributed by atoms with Crippen LogP contribution in [0, 0.1) is 0 Å². The van der Waals surface area contributed by atoms with Crippen LogP contribution in [0.15, 0.2) is 30.5 Å². The predicted molar refractivity (Wildman–Crippen MR) is 109 cm³/mol. The minimum Gasteiger partial charge on any atom is -0.497 e. The van der Waals surface area contributed by atoms with E-state index in [0.717, 1.165) is 27.8 Å². The van der Waals surface area contributed by atoms with Gasteiger partial charge >= 0.3 is 5.97 Å². The van der Waals surface area contributed by atoms with Gasteiger partial charge < -0.3 is 24.6 Å². The lowest BCUT2D eigenvalue weighted by Crippen LogP contribution is -2.07. The molecule has 3 heterocycles. The highest BCUT2D eigenvalue weighted by atomic mass is 35.5. The number of aromatic carboxylic acids is 1. The number of anilines is 1. The van der Waals surface area contributed by atoms with Crippen molar-refractivity contribution in [1.82, 2.24) is 9.97 Å². The SMILES string of the molecule is COc1ccc(CNc2nc3cnc(C(=O)O)cc3c3c2COC3)c(OC)c1.Cl. The van der Waals surface area contributed by atoms with E-state index in [9.17, 15) is 9.90 Å². The van der Waals surface area contributed by atoms with Crippen LogP contribution in [0.3, 0.4) is 0 Å². The minimum absolute atomic E-state index is 0. The molecular formula is C20H20ClN3O5. The van der Waals surface area contributed by atoms with E-state index in [1.54, 1.807) is 20.3 Å². The molecule has 0 fully saturated rings. The van der Waals surface area contributed by atoms with Crippen molar-refractivity contribution in [2.45, 2.75) is 19.8 Å². The summed E-state index contributed by atoms with van der Waals surface area (Å²) in [4.78, 5) is 19.8. The second-order valence-electron chi connectivity index (χ2n) is 6.33. The zero-order valence-corrected chi connectivity index (χ0v) is 16.7. The Morgan fingerprint density at radius 2 is 2.00 bits per heavy atom. The minimum atomic E-state index is -1.07. The number of carboxylic acid groups (broad SMARTS) is 1. The Bertz CT molecular complexity index is 1070. The Morgan fingerprint density at radius 3 is 2.72 bits per heavy atom. The van der Waals surface area contributed by atoms with Gasteiger partial charge in [0.25, 0.3) is 0 Å². The number of nitrogens with one attached hydrogen (secondary N) is 1. The summed E-state index contributed by atoms with van der Waals surface area (Å²) in [5, 5.41) is 13.3. The smallest absolute Gasteiger partial charge is 0.354 e. The molecule has 0 bridgehead atoms. The molecule has 0 radical (unpaired) electrons. The molecular weight excluding hydrogens is 398 g/mol. The molecule has 2 aromatic heterocycles. The zero-order chi connectivity index (χ0) is 19.7. The first-order chi connectivity index (χ1) is 13.6. The summed E-state index contributed by atoms with van der Waals surface area (Å²) in [6.45, 7) is 1.34. The van der Waals surface area contributed by atoms with Crippen molar-refractivity contribution < 1.29 is 24.1 Å². The van der Waals surface area contributed by atoms with Crippen LogP contribution in [0.25, 0.3) is 10.9 Å². The molecule has 0 saturated heterocycles. The van der Waals surface area contributed by atoms with E-state index in [1.807, 2.05) is 18.2 Å². The largest absolute Gasteiger partial charge is 0.497 e. The Labute approximate surface area is 173 Å². The van der Waals surface area contributed by atoms with Gasteiger partial charge in [-0.3, -0.25) is 0 Å². The lowest BCUT2D eigenvalue weighted by Gasteiger charge is -2.14. The number of carbonyl (C=O) groups is 1. The summed E-state index contributed by atoms with van der Waals surface area (Å²) in [5.41, 5.74) is 3.45. The number of halogens is 1. The van der Waals surface area contributed by atoms with Gasteiger partial charge in [0, 0.05) is 29.1 Å². The number of hydrogen-bond acceptors (Lipinski definition) is 7. The predicted octanol–water partition coefficient (Wildman–Crippen LogP) is 3.41. The molecule has 0 amide bonds. The number of carboxylic acids is 1. The normalized spacial score (nSPS) is 12.2. The van der Waals surface area contributed by atoms with Crippen LogP contribution < -0.4 is 14.8 Å². The van der Waals surface area contributed by atoms with Crippen LogP contribution in [0.2, 0.25) is 0 Å². The van der Waals surface area contributed by atoms with Crippen molar-refractivity contribution in [3.05, 3.63) is 52.8 Å². The Hall–Kier alpha value is -3.10. The number of fused-ring (bicyclic) bond motifs is 3. The first kappa shape index (κ1) is 20.6. The van der Waals surface area contributed by atoms with Gasteiger partial charge in [0.05, 0.1) is 39.1 Å². The van der Waals surface area contributed by atoms with E-state index < -0.39 is 5.97 Å². The molecule has 1 aliphatic heterocycles. The van der Waals surface area contributed by atoms with Crippen molar-refractivity contribution in [2.75, 3.05) is 19.5 Å². The van der Waals surface area contributed by atoms with Crippen LogP contribution in [0.1, 0.15) is 27.2 Å². The average molecular weight is 418 g/mol. The highest BCUT2D eigenvalue weighted by Crippen LogP contribution is 2.33. The van der Waals surface area contributed by atoms with Gasteiger partial charge in [-0.15, -0.1) is 12.4 Å². The van der Waals surface area contributed by atoms with Crippen LogP contribution in [-0.4, -0.2) is 35.3 Å². The lowest BCUT2D eigenvalue weighted by molar-refractivity contribution is 0.0690. The summed E-state index contributed by atoms with van der Waals surface area (Å²) >= 11 is 0. The average Bonchev–Trinajstić information content (AvgIpc) is 3.21. The number of nitrogens with zero attached hydrogens (tertiary/aromatic N) is 2. The third-order valence-electron chi connectivity index (χ3n) is 4.74. The van der Waals surface area contributed by atoms with E-state index in [0.29, 0.717) is 36.8 Å². The molecule has 29 heavy (non-hydrogen) atoms. The highest BCUT2D eigenvalue weighted by Gasteiger charge is 2.22. The second-order valence-corrected chi connectivity index (χ2v) is 6.33. The summed E-state index contributed by atoms with van der Waals surface area (Å²) in [5.74, 6) is 1.07. The van der Waals surface area contributed by atoms with Crippen molar-refractivity contribution in [3.8, 4) is 11.5 Å². The molecule has 8 nitrogen and oxygen atoms in total. The molecule has 3 aromatic rings. The third-order valence-corrected chi connectivity index (χ3v) is 4.74. The lowest BCUT2D eigenvalue weighted by atomic mass is 10.1. The van der Waals surface area contributed by atoms with E-state index in [1.165, 1.54) is 6.20 Å². The summed E-state index contributed by atoms with van der Waals surface area (Å²) < 4.78 is 16.3. The molecule has 0 aliphatic carbocycles. The number of aromatic nitrogens is 2. The number of methoxy groups -OCH3 is 2. The Kier molecular flexibility index (Phi) is 6.05. The molecule has 152 valence electrons. The molecule has 1 aromatic carbocycles. The molecule has 0 spiro atoms. The maximum Gasteiger partial charge on any atom is 0.354 e. The highest BCUT2D eigenvalue weighted by molar-refractivity contribution is 5.93. The van der Waals surface area contributed by atoms with Crippen molar-refractivity contribution in [3.63, 3.8) is 0 Å². The molecule has 4 rings (SSSR count). The molecule has 0 unspecified atom stereocenters. The summed E-state index contributed by atoms with van der Waals surface area (Å²) in [6.07, 6.45) is 1.48. The number of benzene rings is 1. The summed E-state index contributed by atoms with van der Waals surface area (Å²) in [6, 6.07) is 7.19. The van der Waals surface area contributed by atoms with Crippen molar-refractivity contribution >= 4 is 35.1 Å². The first-order valence-corrected chi connectivity index (χ1v) is 8.68. The number of hydrogen-bond donors (Lipinski definition) is 2. The Morgan fingerprint density at radius 1 is 1.21 bits per heavy atom. The van der Waals surface area contributed by atoms with Crippen LogP contribution in [0.4, 0.5) is 5.82 Å². The van der Waals surface area contributed by atoms with Gasteiger partial charge in [0.15, 0.2) is 0 Å². The number of ether oxygens (including phenoxy) is 3. The van der Waals surface area contributed by atoms with E-state index in [4.69, 9.17) is 14.2 Å². The topological polar surface area (TPSA) is 103 Å². The fraction of sp³-hybridized carbons (Fsp3) is 0.250. The van der Waals surface area contributed by atoms with Gasteiger partial charge in [-0.2, -0.15) is 0 Å². The van der Waals surface area contributed by atoms with Crippen molar-refractivity contribution in [2.24, 2.45) is 0 Å². The van der Waals surface area contributed by atoms with E-state index in [2.05, 4.69) is 15.3 Å². The summed E-state index contributed by atoms with van der Waals surface area (Å²) in [7, 11) is 3.22. The van der Waals surface area contributed by atoms with Gasteiger partial charge in [0.1, 0.15) is 23.0 Å². The maximum atomic E-state index is 11.2. The molecule has 9 heteroatoms. The van der Waals surface area contributed by atoms with Gasteiger partial charge in [-0.25, -0.2) is 14.8 Å². The quantitative estimate of drug-likeness (QED) is 0.629. The molecule has 0 atom stereocenters. The maximum absolute atomic E-state index is 11.2. The zero-order valence-electron chi connectivity index (χ0n) is 15.9. The van der Waals surface area contributed by atoms with E-state index in [-0.39, 0.29) is 18.1 Å². The fourth-order valence-electron chi connectivity index (χ4n) is 3.29.